The highest BCUT2D eigenvalue weighted by Crippen LogP contribution is 2.32. The number of aryl methyl sites for hydroxylation is 1. The van der Waals surface area contributed by atoms with Gasteiger partial charge in [0.2, 0.25) is 11.8 Å². The van der Waals surface area contributed by atoms with Crippen LogP contribution in [0.25, 0.3) is 17.1 Å². The van der Waals surface area contributed by atoms with Gasteiger partial charge in [-0.2, -0.15) is 0 Å². The zero-order chi connectivity index (χ0) is 22.0. The van der Waals surface area contributed by atoms with Gasteiger partial charge in [0.25, 0.3) is 0 Å². The zero-order valence-electron chi connectivity index (χ0n) is 17.5. The third kappa shape index (κ3) is 4.36. The molecule has 1 fully saturated rings. The van der Waals surface area contributed by atoms with E-state index in [2.05, 4.69) is 10.2 Å². The van der Waals surface area contributed by atoms with Crippen molar-refractivity contribution in [2.24, 2.45) is 11.7 Å². The van der Waals surface area contributed by atoms with Crippen LogP contribution in [-0.2, 0) is 9.59 Å². The number of piperidine rings is 1. The number of aromatic nitrogens is 3. The Balaban J connectivity index is 1.57. The molecule has 1 saturated heterocycles. The van der Waals surface area contributed by atoms with Gasteiger partial charge in [-0.25, -0.2) is 0 Å². The summed E-state index contributed by atoms with van der Waals surface area (Å²) in [7, 11) is 0. The molecule has 1 aliphatic heterocycles. The maximum absolute atomic E-state index is 13.0. The van der Waals surface area contributed by atoms with Crippen LogP contribution >= 0.6 is 11.8 Å². The lowest BCUT2D eigenvalue weighted by Gasteiger charge is -2.32. The minimum absolute atomic E-state index is 0.0246. The van der Waals surface area contributed by atoms with E-state index < -0.39 is 0 Å². The first-order chi connectivity index (χ1) is 15.0. The van der Waals surface area contributed by atoms with Crippen LogP contribution in [0.5, 0.6) is 0 Å². The van der Waals surface area contributed by atoms with E-state index in [1.165, 1.54) is 11.8 Å². The van der Waals surface area contributed by atoms with Crippen molar-refractivity contribution in [3.05, 3.63) is 48.4 Å². The van der Waals surface area contributed by atoms with Crippen LogP contribution in [-0.4, -0.2) is 49.8 Å². The number of hydrogen-bond donors (Lipinski definition) is 1. The monoisotopic (exact) mass is 439 g/mol. The molecule has 162 valence electrons. The van der Waals surface area contributed by atoms with E-state index in [1.807, 2.05) is 59.7 Å². The minimum Gasteiger partial charge on any atom is -0.469 e. The largest absolute Gasteiger partial charge is 0.469 e. The summed E-state index contributed by atoms with van der Waals surface area (Å²) >= 11 is 1.37. The second-order valence-electron chi connectivity index (χ2n) is 7.63. The van der Waals surface area contributed by atoms with Crippen molar-refractivity contribution in [2.45, 2.75) is 37.1 Å². The second kappa shape index (κ2) is 8.97. The summed E-state index contributed by atoms with van der Waals surface area (Å²) in [6.45, 7) is 4.85. The third-order valence-corrected chi connectivity index (χ3v) is 6.62. The Hall–Kier alpha value is -3.07. The van der Waals surface area contributed by atoms with Gasteiger partial charge in [0, 0.05) is 24.7 Å². The summed E-state index contributed by atoms with van der Waals surface area (Å²) in [5.74, 6) is 1.02. The molecule has 0 radical (unpaired) electrons. The van der Waals surface area contributed by atoms with Crippen molar-refractivity contribution in [2.75, 3.05) is 13.1 Å². The Morgan fingerprint density at radius 1 is 1.16 bits per heavy atom. The molecule has 0 bridgehead atoms. The van der Waals surface area contributed by atoms with Gasteiger partial charge < -0.3 is 15.1 Å². The number of primary amides is 1. The van der Waals surface area contributed by atoms with Gasteiger partial charge in [-0.05, 0) is 44.9 Å². The Labute approximate surface area is 184 Å². The number of hydrogen-bond acceptors (Lipinski definition) is 6. The van der Waals surface area contributed by atoms with Gasteiger partial charge in [0.15, 0.2) is 11.0 Å². The number of furan rings is 1. The quantitative estimate of drug-likeness (QED) is 0.592. The Morgan fingerprint density at radius 2 is 1.87 bits per heavy atom. The molecular weight excluding hydrogens is 414 g/mol. The molecule has 3 heterocycles. The number of carbonyl (C=O) groups excluding carboxylic acids is 2. The summed E-state index contributed by atoms with van der Waals surface area (Å²) < 4.78 is 7.41. The van der Waals surface area contributed by atoms with Crippen LogP contribution in [0.15, 0.2) is 52.2 Å². The molecule has 1 unspecified atom stereocenters. The van der Waals surface area contributed by atoms with Gasteiger partial charge in [-0.3, -0.25) is 14.2 Å². The molecular formula is C22H25N5O3S. The number of nitrogens with two attached hydrogens (primary N) is 1. The van der Waals surface area contributed by atoms with E-state index in [1.54, 1.807) is 6.26 Å². The van der Waals surface area contributed by atoms with Crippen LogP contribution in [0.3, 0.4) is 0 Å². The average molecular weight is 440 g/mol. The van der Waals surface area contributed by atoms with Gasteiger partial charge in [-0.15, -0.1) is 10.2 Å². The highest BCUT2D eigenvalue weighted by atomic mass is 32.2. The third-order valence-electron chi connectivity index (χ3n) is 5.59. The van der Waals surface area contributed by atoms with E-state index in [0.717, 1.165) is 17.0 Å². The molecule has 0 saturated carbocycles. The van der Waals surface area contributed by atoms with Gasteiger partial charge in [0.05, 0.1) is 17.1 Å². The fraction of sp³-hybridized carbons (Fsp3) is 0.364. The topological polar surface area (TPSA) is 107 Å². The number of rotatable bonds is 6. The van der Waals surface area contributed by atoms with Gasteiger partial charge in [0.1, 0.15) is 5.76 Å². The maximum atomic E-state index is 13.0. The first kappa shape index (κ1) is 21.2. The Bertz CT molecular complexity index is 1070. The van der Waals surface area contributed by atoms with Crippen LogP contribution in [0.2, 0.25) is 0 Å². The van der Waals surface area contributed by atoms with Crippen molar-refractivity contribution in [3.63, 3.8) is 0 Å². The Kier molecular flexibility index (Phi) is 6.13. The Morgan fingerprint density at radius 3 is 2.48 bits per heavy atom. The number of likely N-dealkylation sites (tertiary alicyclic amines) is 1. The normalized spacial score (nSPS) is 15.7. The van der Waals surface area contributed by atoms with E-state index in [4.69, 9.17) is 10.2 Å². The number of para-hydroxylation sites is 1. The molecule has 8 nitrogen and oxygen atoms in total. The van der Waals surface area contributed by atoms with E-state index in [9.17, 15) is 9.59 Å². The standard InChI is InChI=1S/C22H25N5O3S/c1-14-18(10-13-30-14)20-24-25-22(27(20)17-6-4-3-5-7-17)31-15(2)21(29)26-11-8-16(9-12-26)19(23)28/h3-7,10,13,15-16H,8-9,11-12H2,1-2H3,(H2,23,28). The predicted octanol–water partition coefficient (Wildman–Crippen LogP) is 3.04. The molecule has 4 rings (SSSR count). The molecule has 2 N–H and O–H groups in total. The molecule has 9 heteroatoms. The summed E-state index contributed by atoms with van der Waals surface area (Å²) in [5.41, 5.74) is 7.17. The lowest BCUT2D eigenvalue weighted by Crippen LogP contribution is -2.44. The lowest BCUT2D eigenvalue weighted by atomic mass is 9.96. The first-order valence-corrected chi connectivity index (χ1v) is 11.1. The predicted molar refractivity (Wildman–Crippen MR) is 118 cm³/mol. The highest BCUT2D eigenvalue weighted by Gasteiger charge is 2.30. The first-order valence-electron chi connectivity index (χ1n) is 10.3. The molecule has 0 spiro atoms. The molecule has 31 heavy (non-hydrogen) atoms. The van der Waals surface area contributed by atoms with Crippen LogP contribution < -0.4 is 5.73 Å². The molecule has 1 aromatic carbocycles. The molecule has 2 amide bonds. The molecule has 3 aromatic rings. The molecule has 2 aromatic heterocycles. The van der Waals surface area contributed by atoms with Crippen molar-refractivity contribution < 1.29 is 14.0 Å². The number of thioether (sulfide) groups is 1. The number of carbonyl (C=O) groups is 2. The van der Waals surface area contributed by atoms with Crippen LogP contribution in [0.4, 0.5) is 0 Å². The van der Waals surface area contributed by atoms with Crippen molar-refractivity contribution >= 4 is 23.6 Å². The average Bonchev–Trinajstić information content (AvgIpc) is 3.39. The van der Waals surface area contributed by atoms with Crippen LogP contribution in [0.1, 0.15) is 25.5 Å². The zero-order valence-corrected chi connectivity index (χ0v) is 18.3. The summed E-state index contributed by atoms with van der Waals surface area (Å²) in [5, 5.41) is 9.08. The molecule has 1 aliphatic rings. The lowest BCUT2D eigenvalue weighted by molar-refractivity contribution is -0.134. The number of nitrogens with zero attached hydrogens (tertiary/aromatic N) is 4. The number of benzene rings is 1. The number of amides is 2. The second-order valence-corrected chi connectivity index (χ2v) is 8.94. The van der Waals surface area contributed by atoms with Gasteiger partial charge >= 0.3 is 0 Å². The summed E-state index contributed by atoms with van der Waals surface area (Å²) in [6.07, 6.45) is 2.86. The highest BCUT2D eigenvalue weighted by molar-refractivity contribution is 8.00. The molecule has 1 atom stereocenters. The fourth-order valence-corrected chi connectivity index (χ4v) is 4.75. The summed E-state index contributed by atoms with van der Waals surface area (Å²) in [4.78, 5) is 26.2. The van der Waals surface area contributed by atoms with Crippen molar-refractivity contribution in [3.8, 4) is 17.1 Å². The molecule has 0 aliphatic carbocycles. The van der Waals surface area contributed by atoms with Crippen LogP contribution in [0, 0.1) is 12.8 Å². The van der Waals surface area contributed by atoms with E-state index >= 15 is 0 Å². The van der Waals surface area contributed by atoms with Gasteiger partial charge in [-0.1, -0.05) is 30.0 Å². The summed E-state index contributed by atoms with van der Waals surface area (Å²) in [6, 6.07) is 11.7. The minimum atomic E-state index is -0.352. The SMILES string of the molecule is Cc1occc1-c1nnc(SC(C)C(=O)N2CCC(C(N)=O)CC2)n1-c1ccccc1. The maximum Gasteiger partial charge on any atom is 0.235 e. The van der Waals surface area contributed by atoms with Crippen molar-refractivity contribution in [1.82, 2.24) is 19.7 Å². The van der Waals surface area contributed by atoms with Crippen molar-refractivity contribution in [1.29, 1.82) is 0 Å². The van der Waals surface area contributed by atoms with E-state index in [0.29, 0.717) is 36.9 Å². The fourth-order valence-electron chi connectivity index (χ4n) is 3.80. The van der Waals surface area contributed by atoms with E-state index in [-0.39, 0.29) is 23.0 Å². The smallest absolute Gasteiger partial charge is 0.235 e.